The number of carbonyl (C=O) groups is 1. The van der Waals surface area contributed by atoms with Crippen molar-refractivity contribution in [3.05, 3.63) is 65.7 Å². The minimum atomic E-state index is 0.0314. The SMILES string of the molecule is CCCCCCCCCCCCCOc1ccc(/C=C/C(=O)c2ccc(SCCC)cc2)cc1. The average molecular weight is 481 g/mol. The molecule has 0 aliphatic carbocycles. The summed E-state index contributed by atoms with van der Waals surface area (Å²) in [6.07, 6.45) is 19.5. The van der Waals surface area contributed by atoms with E-state index < -0.39 is 0 Å². The van der Waals surface area contributed by atoms with Gasteiger partial charge in [-0.25, -0.2) is 0 Å². The summed E-state index contributed by atoms with van der Waals surface area (Å²) in [6.45, 7) is 5.22. The predicted molar refractivity (Wildman–Crippen MR) is 149 cm³/mol. The van der Waals surface area contributed by atoms with Crippen LogP contribution in [0, 0.1) is 0 Å². The van der Waals surface area contributed by atoms with E-state index in [0.29, 0.717) is 0 Å². The Morgan fingerprint density at radius 3 is 1.91 bits per heavy atom. The lowest BCUT2D eigenvalue weighted by atomic mass is 10.1. The quantitative estimate of drug-likeness (QED) is 0.0866. The maximum Gasteiger partial charge on any atom is 0.185 e. The van der Waals surface area contributed by atoms with E-state index in [0.717, 1.165) is 42.1 Å². The van der Waals surface area contributed by atoms with Gasteiger partial charge in [0.05, 0.1) is 6.61 Å². The molecule has 0 aliphatic rings. The molecule has 0 aliphatic heterocycles. The Morgan fingerprint density at radius 2 is 1.32 bits per heavy atom. The molecule has 0 saturated carbocycles. The van der Waals surface area contributed by atoms with E-state index in [1.165, 1.54) is 69.1 Å². The van der Waals surface area contributed by atoms with Gasteiger partial charge in [-0.2, -0.15) is 0 Å². The molecular weight excluding hydrogens is 436 g/mol. The first-order valence-corrected chi connectivity index (χ1v) is 14.4. The predicted octanol–water partition coefficient (Wildman–Crippen LogP) is 9.77. The molecule has 0 radical (unpaired) electrons. The van der Waals surface area contributed by atoms with Crippen molar-refractivity contribution in [2.45, 2.75) is 95.8 Å². The number of hydrogen-bond acceptors (Lipinski definition) is 3. The number of ether oxygens (including phenoxy) is 1. The number of rotatable bonds is 19. The molecule has 2 rings (SSSR count). The van der Waals surface area contributed by atoms with Crippen LogP contribution in [-0.4, -0.2) is 18.1 Å². The van der Waals surface area contributed by atoms with E-state index in [-0.39, 0.29) is 5.78 Å². The van der Waals surface area contributed by atoms with Gasteiger partial charge < -0.3 is 4.74 Å². The summed E-state index contributed by atoms with van der Waals surface area (Å²) in [6, 6.07) is 15.9. The van der Waals surface area contributed by atoms with Crippen LogP contribution in [0.5, 0.6) is 5.75 Å². The maximum absolute atomic E-state index is 12.4. The number of ketones is 1. The molecule has 0 spiro atoms. The van der Waals surface area contributed by atoms with Crippen LogP contribution in [0.4, 0.5) is 0 Å². The molecule has 0 atom stereocenters. The third-order valence-corrected chi connectivity index (χ3v) is 7.15. The zero-order valence-corrected chi connectivity index (χ0v) is 22.2. The fourth-order valence-electron chi connectivity index (χ4n) is 3.83. The number of hydrogen-bond donors (Lipinski definition) is 0. The highest BCUT2D eigenvalue weighted by Gasteiger charge is 2.02. The molecule has 34 heavy (non-hydrogen) atoms. The zero-order valence-electron chi connectivity index (χ0n) is 21.4. The summed E-state index contributed by atoms with van der Waals surface area (Å²) in [5.74, 6) is 2.03. The Bertz CT molecular complexity index is 808. The van der Waals surface area contributed by atoms with Crippen molar-refractivity contribution < 1.29 is 9.53 Å². The fourth-order valence-corrected chi connectivity index (χ4v) is 4.60. The Balaban J connectivity index is 1.58. The normalized spacial score (nSPS) is 11.2. The highest BCUT2D eigenvalue weighted by molar-refractivity contribution is 7.99. The van der Waals surface area contributed by atoms with Crippen molar-refractivity contribution in [1.82, 2.24) is 0 Å². The topological polar surface area (TPSA) is 26.3 Å². The molecule has 2 aromatic carbocycles. The minimum absolute atomic E-state index is 0.0314. The maximum atomic E-state index is 12.4. The average Bonchev–Trinajstić information content (AvgIpc) is 2.87. The van der Waals surface area contributed by atoms with Gasteiger partial charge in [-0.15, -0.1) is 11.8 Å². The van der Waals surface area contributed by atoms with Crippen molar-refractivity contribution in [2.75, 3.05) is 12.4 Å². The molecule has 0 N–H and O–H groups in total. The number of carbonyl (C=O) groups excluding carboxylic acids is 1. The molecule has 0 unspecified atom stereocenters. The van der Waals surface area contributed by atoms with Crippen LogP contribution >= 0.6 is 11.8 Å². The number of unbranched alkanes of at least 4 members (excludes halogenated alkanes) is 10. The fraction of sp³-hybridized carbons (Fsp3) is 0.516. The first kappa shape index (κ1) is 28.2. The molecule has 0 saturated heterocycles. The van der Waals surface area contributed by atoms with Gasteiger partial charge in [0.1, 0.15) is 5.75 Å². The van der Waals surface area contributed by atoms with E-state index >= 15 is 0 Å². The minimum Gasteiger partial charge on any atom is -0.494 e. The molecule has 3 heteroatoms. The van der Waals surface area contributed by atoms with Gasteiger partial charge in [-0.3, -0.25) is 4.79 Å². The van der Waals surface area contributed by atoms with Gasteiger partial charge in [-0.05, 0) is 66.6 Å². The summed E-state index contributed by atoms with van der Waals surface area (Å²) in [4.78, 5) is 13.6. The molecule has 0 bridgehead atoms. The Morgan fingerprint density at radius 1 is 0.735 bits per heavy atom. The number of thioether (sulfide) groups is 1. The van der Waals surface area contributed by atoms with Crippen molar-refractivity contribution in [3.63, 3.8) is 0 Å². The highest BCUT2D eigenvalue weighted by atomic mass is 32.2. The molecule has 186 valence electrons. The molecule has 0 heterocycles. The van der Waals surface area contributed by atoms with Crippen LogP contribution in [0.3, 0.4) is 0 Å². The van der Waals surface area contributed by atoms with Gasteiger partial charge in [-0.1, -0.05) is 96.3 Å². The second-order valence-electron chi connectivity index (χ2n) is 9.02. The van der Waals surface area contributed by atoms with E-state index in [2.05, 4.69) is 13.8 Å². The Labute approximate surface area is 212 Å². The summed E-state index contributed by atoms with van der Waals surface area (Å²) >= 11 is 1.83. The lowest BCUT2D eigenvalue weighted by molar-refractivity contribution is 0.104. The van der Waals surface area contributed by atoms with E-state index in [9.17, 15) is 4.79 Å². The first-order valence-electron chi connectivity index (χ1n) is 13.4. The second-order valence-corrected chi connectivity index (χ2v) is 10.2. The van der Waals surface area contributed by atoms with Gasteiger partial charge in [0.15, 0.2) is 5.78 Å². The lowest BCUT2D eigenvalue weighted by Gasteiger charge is -2.06. The van der Waals surface area contributed by atoms with Crippen LogP contribution in [0.15, 0.2) is 59.5 Å². The monoisotopic (exact) mass is 480 g/mol. The first-order chi connectivity index (χ1) is 16.7. The number of allylic oxidation sites excluding steroid dienone is 1. The third kappa shape index (κ3) is 12.5. The van der Waals surface area contributed by atoms with Gasteiger partial charge in [0, 0.05) is 10.5 Å². The van der Waals surface area contributed by atoms with Crippen LogP contribution in [0.25, 0.3) is 6.08 Å². The van der Waals surface area contributed by atoms with E-state index in [1.54, 1.807) is 6.08 Å². The summed E-state index contributed by atoms with van der Waals surface area (Å²) < 4.78 is 5.88. The summed E-state index contributed by atoms with van der Waals surface area (Å²) in [5, 5.41) is 0. The standard InChI is InChI=1S/C31H44O2S/c1-3-5-6-7-8-9-10-11-12-13-14-25-33-29-20-15-27(16-21-29)17-24-31(32)28-18-22-30(23-19-28)34-26-4-2/h15-24H,3-14,25-26H2,1-2H3/b24-17+. The Kier molecular flexibility index (Phi) is 15.2. The van der Waals surface area contributed by atoms with Gasteiger partial charge >= 0.3 is 0 Å². The van der Waals surface area contributed by atoms with Crippen LogP contribution < -0.4 is 4.74 Å². The van der Waals surface area contributed by atoms with Crippen LogP contribution in [-0.2, 0) is 0 Å². The lowest BCUT2D eigenvalue weighted by Crippen LogP contribution is -1.97. The van der Waals surface area contributed by atoms with Crippen molar-refractivity contribution in [1.29, 1.82) is 0 Å². The van der Waals surface area contributed by atoms with Crippen molar-refractivity contribution in [2.24, 2.45) is 0 Å². The van der Waals surface area contributed by atoms with Crippen molar-refractivity contribution in [3.8, 4) is 5.75 Å². The summed E-state index contributed by atoms with van der Waals surface area (Å²) in [5.41, 5.74) is 1.73. The van der Waals surface area contributed by atoms with Crippen molar-refractivity contribution >= 4 is 23.6 Å². The second kappa shape index (κ2) is 18.3. The van der Waals surface area contributed by atoms with Crippen LogP contribution in [0.1, 0.15) is 107 Å². The zero-order chi connectivity index (χ0) is 24.3. The smallest absolute Gasteiger partial charge is 0.185 e. The molecule has 0 aromatic heterocycles. The van der Waals surface area contributed by atoms with E-state index in [1.807, 2.05) is 66.4 Å². The molecule has 0 fully saturated rings. The number of benzene rings is 2. The third-order valence-electron chi connectivity index (χ3n) is 5.94. The molecule has 2 aromatic rings. The van der Waals surface area contributed by atoms with E-state index in [4.69, 9.17) is 4.74 Å². The molecule has 2 nitrogen and oxygen atoms in total. The largest absolute Gasteiger partial charge is 0.494 e. The Hall–Kier alpha value is -2.00. The van der Waals surface area contributed by atoms with Gasteiger partial charge in [0.2, 0.25) is 0 Å². The molecular formula is C31H44O2S. The summed E-state index contributed by atoms with van der Waals surface area (Å²) in [7, 11) is 0. The highest BCUT2D eigenvalue weighted by Crippen LogP contribution is 2.20. The molecule has 0 amide bonds. The van der Waals surface area contributed by atoms with Crippen LogP contribution in [0.2, 0.25) is 0 Å². The van der Waals surface area contributed by atoms with Gasteiger partial charge in [0.25, 0.3) is 0 Å².